The quantitative estimate of drug-likeness (QED) is 0.537. The first-order valence-electron chi connectivity index (χ1n) is 11.7. The number of primary amides is 1. The lowest BCUT2D eigenvalue weighted by Crippen LogP contribution is -2.68. The summed E-state index contributed by atoms with van der Waals surface area (Å²) in [5, 5.41) is 21.9. The molecule has 186 valence electrons. The van der Waals surface area contributed by atoms with Gasteiger partial charge in [0.25, 0.3) is 0 Å². The summed E-state index contributed by atoms with van der Waals surface area (Å²) in [5.74, 6) is -10.2. The molecule has 3 aliphatic carbocycles. The van der Waals surface area contributed by atoms with Gasteiger partial charge in [-0.1, -0.05) is 24.3 Å². The zero-order valence-corrected chi connectivity index (χ0v) is 19.5. The van der Waals surface area contributed by atoms with Crippen LogP contribution in [0.25, 0.3) is 11.1 Å². The smallest absolute Gasteiger partial charge is 0.235 e. The predicted octanol–water partition coefficient (Wildman–Crippen LogP) is 1.14. The van der Waals surface area contributed by atoms with E-state index in [4.69, 9.17) is 10.5 Å². The van der Waals surface area contributed by atoms with Crippen LogP contribution in [-0.2, 0) is 36.9 Å². The van der Waals surface area contributed by atoms with Gasteiger partial charge in [-0.25, -0.2) is 0 Å². The molecule has 1 amide bonds. The van der Waals surface area contributed by atoms with Crippen LogP contribution < -0.4 is 5.73 Å². The number of ether oxygens (including phenoxy) is 1. The van der Waals surface area contributed by atoms with Crippen molar-refractivity contribution < 1.29 is 38.9 Å². The van der Waals surface area contributed by atoms with Gasteiger partial charge in [-0.2, -0.15) is 0 Å². The van der Waals surface area contributed by atoms with Gasteiger partial charge >= 0.3 is 0 Å². The first kappa shape index (κ1) is 24.0. The monoisotopic (exact) mass is 491 g/mol. The van der Waals surface area contributed by atoms with Gasteiger partial charge in [-0.05, 0) is 53.1 Å². The maximum atomic E-state index is 13.7. The van der Waals surface area contributed by atoms with E-state index < -0.39 is 58.3 Å². The number of ketones is 4. The van der Waals surface area contributed by atoms with Gasteiger partial charge in [0, 0.05) is 19.4 Å². The summed E-state index contributed by atoms with van der Waals surface area (Å²) in [5.41, 5.74) is 5.54. The van der Waals surface area contributed by atoms with Crippen LogP contribution in [0.2, 0.25) is 0 Å². The van der Waals surface area contributed by atoms with Crippen LogP contribution >= 0.6 is 0 Å². The maximum absolute atomic E-state index is 13.7. The van der Waals surface area contributed by atoms with E-state index >= 15 is 0 Å². The van der Waals surface area contributed by atoms with Crippen molar-refractivity contribution in [2.24, 2.45) is 29.4 Å². The van der Waals surface area contributed by atoms with Crippen molar-refractivity contribution in [1.29, 1.82) is 0 Å². The minimum atomic E-state index is -2.65. The number of benzene rings is 2. The average molecular weight is 491 g/mol. The molecule has 2 aromatic rings. The SMILES string of the molecule is COCc1cccc(-c2ccc(O)c3c2C[C@H]2C[C@H]4CC(=O)C(C(N)=O)C(=O)[C@@]4(O)C(=O)C2C3=O)c1. The number of fused-ring (bicyclic) bond motifs is 3. The maximum Gasteiger partial charge on any atom is 0.235 e. The number of hydrogen-bond donors (Lipinski definition) is 3. The number of Topliss-reactive ketones (excluding diaryl/α,β-unsaturated/α-hetero) is 4. The molecule has 5 atom stereocenters. The molecule has 9 nitrogen and oxygen atoms in total. The van der Waals surface area contributed by atoms with E-state index in [0.717, 1.165) is 11.1 Å². The van der Waals surface area contributed by atoms with E-state index in [2.05, 4.69) is 0 Å². The lowest BCUT2D eigenvalue weighted by Gasteiger charge is -2.48. The fourth-order valence-corrected chi connectivity index (χ4v) is 6.23. The topological polar surface area (TPSA) is 161 Å². The number of methoxy groups -OCH3 is 1. The number of aliphatic hydroxyl groups is 1. The first-order chi connectivity index (χ1) is 17.1. The van der Waals surface area contributed by atoms with Crippen molar-refractivity contribution in [2.45, 2.75) is 31.5 Å². The van der Waals surface area contributed by atoms with Crippen molar-refractivity contribution in [3.8, 4) is 16.9 Å². The molecule has 0 aromatic heterocycles. The van der Waals surface area contributed by atoms with Gasteiger partial charge in [-0.3, -0.25) is 24.0 Å². The number of phenols is 1. The molecule has 2 fully saturated rings. The summed E-state index contributed by atoms with van der Waals surface area (Å²) in [6.07, 6.45) is -0.0817. The van der Waals surface area contributed by atoms with E-state index in [9.17, 15) is 34.2 Å². The molecule has 5 rings (SSSR count). The zero-order valence-electron chi connectivity index (χ0n) is 19.5. The molecule has 0 radical (unpaired) electrons. The van der Waals surface area contributed by atoms with Crippen LogP contribution in [0, 0.1) is 23.7 Å². The van der Waals surface area contributed by atoms with Crippen LogP contribution in [0.15, 0.2) is 36.4 Å². The molecule has 0 bridgehead atoms. The second kappa shape index (κ2) is 8.46. The molecular weight excluding hydrogens is 466 g/mol. The summed E-state index contributed by atoms with van der Waals surface area (Å²) in [7, 11) is 1.58. The third-order valence-corrected chi connectivity index (χ3v) is 7.83. The highest BCUT2D eigenvalue weighted by Gasteiger charge is 2.66. The number of amides is 1. The standard InChI is InChI=1S/C27H25NO8/c1-36-11-12-3-2-4-13(7-12)16-5-6-18(29)21-17(16)9-14-8-15-10-19(30)22(26(28)34)25(33)27(15,35)24(32)20(14)23(21)31/h2-7,14-15,20,22,29,35H,8-11H2,1H3,(H2,28,34)/t14-,15+,20?,22?,27+/m1/s1. The molecule has 0 spiro atoms. The van der Waals surface area contributed by atoms with Crippen LogP contribution in [0.5, 0.6) is 5.75 Å². The predicted molar refractivity (Wildman–Crippen MR) is 125 cm³/mol. The van der Waals surface area contributed by atoms with Crippen LogP contribution in [0.4, 0.5) is 0 Å². The molecule has 2 saturated carbocycles. The number of carbonyl (C=O) groups is 5. The van der Waals surface area contributed by atoms with Crippen LogP contribution in [-0.4, -0.2) is 52.0 Å². The number of aromatic hydroxyl groups is 1. The fraction of sp³-hybridized carbons (Fsp3) is 0.370. The number of carbonyl (C=O) groups excluding carboxylic acids is 5. The normalized spacial score (nSPS) is 29.4. The Hall–Kier alpha value is -3.69. The van der Waals surface area contributed by atoms with Crippen LogP contribution in [0.3, 0.4) is 0 Å². The van der Waals surface area contributed by atoms with Crippen molar-refractivity contribution in [2.75, 3.05) is 7.11 Å². The Balaban J connectivity index is 1.60. The molecular formula is C27H25NO8. The highest BCUT2D eigenvalue weighted by molar-refractivity contribution is 6.31. The third kappa shape index (κ3) is 3.34. The molecule has 9 heteroatoms. The van der Waals surface area contributed by atoms with E-state index in [1.165, 1.54) is 6.07 Å². The Morgan fingerprint density at radius 2 is 1.86 bits per heavy atom. The van der Waals surface area contributed by atoms with Crippen LogP contribution in [0.1, 0.15) is 34.3 Å². The van der Waals surface area contributed by atoms with Crippen molar-refractivity contribution in [3.63, 3.8) is 0 Å². The minimum Gasteiger partial charge on any atom is -0.507 e. The molecule has 4 N–H and O–H groups in total. The summed E-state index contributed by atoms with van der Waals surface area (Å²) in [4.78, 5) is 64.4. The number of nitrogens with two attached hydrogens (primary N) is 1. The molecule has 3 aliphatic rings. The van der Waals surface area contributed by atoms with Gasteiger partial charge in [-0.15, -0.1) is 0 Å². The van der Waals surface area contributed by atoms with Crippen molar-refractivity contribution in [1.82, 2.24) is 0 Å². The highest BCUT2D eigenvalue weighted by Crippen LogP contribution is 2.51. The summed E-state index contributed by atoms with van der Waals surface area (Å²) in [6.45, 7) is 0.390. The highest BCUT2D eigenvalue weighted by atomic mass is 16.5. The van der Waals surface area contributed by atoms with Gasteiger partial charge in [0.15, 0.2) is 34.7 Å². The van der Waals surface area contributed by atoms with Crippen molar-refractivity contribution >= 4 is 29.0 Å². The van der Waals surface area contributed by atoms with Gasteiger partial charge in [0.1, 0.15) is 5.75 Å². The third-order valence-electron chi connectivity index (χ3n) is 7.83. The average Bonchev–Trinajstić information content (AvgIpc) is 2.81. The molecule has 36 heavy (non-hydrogen) atoms. The fourth-order valence-electron chi connectivity index (χ4n) is 6.23. The molecule has 2 aromatic carbocycles. The van der Waals surface area contributed by atoms with E-state index in [1.807, 2.05) is 24.3 Å². The lowest BCUT2D eigenvalue weighted by atomic mass is 9.53. The largest absolute Gasteiger partial charge is 0.507 e. The summed E-state index contributed by atoms with van der Waals surface area (Å²) in [6, 6.07) is 10.6. The van der Waals surface area contributed by atoms with E-state index in [1.54, 1.807) is 13.2 Å². The van der Waals surface area contributed by atoms with Gasteiger partial charge < -0.3 is 20.7 Å². The van der Waals surface area contributed by atoms with E-state index in [0.29, 0.717) is 17.7 Å². The van der Waals surface area contributed by atoms with E-state index in [-0.39, 0.29) is 30.6 Å². The Morgan fingerprint density at radius 1 is 1.11 bits per heavy atom. The molecule has 0 heterocycles. The number of phenolic OH excluding ortho intramolecular Hbond substituents is 1. The Labute approximate surface area is 206 Å². The van der Waals surface area contributed by atoms with Gasteiger partial charge in [0.05, 0.1) is 18.1 Å². The minimum absolute atomic E-state index is 0.0212. The Bertz CT molecular complexity index is 1350. The molecule has 0 saturated heterocycles. The zero-order chi connectivity index (χ0) is 25.9. The summed E-state index contributed by atoms with van der Waals surface area (Å²) >= 11 is 0. The Morgan fingerprint density at radius 3 is 2.56 bits per heavy atom. The number of hydrogen-bond acceptors (Lipinski definition) is 8. The summed E-state index contributed by atoms with van der Waals surface area (Å²) < 4.78 is 5.21. The molecule has 0 aliphatic heterocycles. The van der Waals surface area contributed by atoms with Gasteiger partial charge in [0.2, 0.25) is 5.91 Å². The number of rotatable bonds is 4. The Kier molecular flexibility index (Phi) is 5.65. The van der Waals surface area contributed by atoms with Crippen molar-refractivity contribution in [3.05, 3.63) is 53.1 Å². The lowest BCUT2D eigenvalue weighted by molar-refractivity contribution is -0.175. The first-order valence-corrected chi connectivity index (χ1v) is 11.7. The second-order valence-electron chi connectivity index (χ2n) is 9.86. The second-order valence-corrected chi connectivity index (χ2v) is 9.86. The molecule has 2 unspecified atom stereocenters.